The van der Waals surface area contributed by atoms with Gasteiger partial charge in [-0.2, -0.15) is 0 Å². The lowest BCUT2D eigenvalue weighted by Crippen LogP contribution is -2.43. The van der Waals surface area contributed by atoms with E-state index in [9.17, 15) is 9.18 Å². The van der Waals surface area contributed by atoms with Crippen molar-refractivity contribution in [2.45, 2.75) is 31.6 Å². The third-order valence-corrected chi connectivity index (χ3v) is 7.09. The molecule has 3 aromatic carbocycles. The number of amides is 1. The molecular formula is C29H26FNO4. The van der Waals surface area contributed by atoms with Gasteiger partial charge in [0.1, 0.15) is 23.6 Å². The van der Waals surface area contributed by atoms with Crippen molar-refractivity contribution in [3.63, 3.8) is 0 Å². The minimum absolute atomic E-state index is 0.0313. The second-order valence-corrected chi connectivity index (χ2v) is 9.19. The maximum Gasteiger partial charge on any atom is 0.245 e. The van der Waals surface area contributed by atoms with E-state index in [0.717, 1.165) is 47.2 Å². The first kappa shape index (κ1) is 21.7. The van der Waals surface area contributed by atoms with Gasteiger partial charge >= 0.3 is 0 Å². The fourth-order valence-electron chi connectivity index (χ4n) is 5.36. The number of unbranched alkanes of at least 4 members (excludes halogenated alkanes) is 2. The zero-order chi connectivity index (χ0) is 24.0. The Balaban J connectivity index is 1.50. The van der Waals surface area contributed by atoms with E-state index in [1.165, 1.54) is 12.1 Å². The zero-order valence-corrected chi connectivity index (χ0v) is 19.6. The summed E-state index contributed by atoms with van der Waals surface area (Å²) in [5, 5.41) is 0. The van der Waals surface area contributed by atoms with Crippen LogP contribution in [0.25, 0.3) is 12.2 Å². The third-order valence-electron chi connectivity index (χ3n) is 7.09. The van der Waals surface area contributed by atoms with Gasteiger partial charge in [0.2, 0.25) is 12.7 Å². The SMILES string of the molecule is CCCCCN1C(=O)C2(COc3cc4c(cc32)OCO4)c2c(/C=C/c3ccc(F)cc3)cccc21. The molecule has 6 rings (SSSR count). The minimum atomic E-state index is -0.957. The van der Waals surface area contributed by atoms with E-state index in [1.54, 1.807) is 12.1 Å². The number of fused-ring (bicyclic) bond motifs is 5. The van der Waals surface area contributed by atoms with Crippen LogP contribution in [-0.4, -0.2) is 25.9 Å². The Bertz CT molecular complexity index is 1330. The van der Waals surface area contributed by atoms with Crippen molar-refractivity contribution in [1.29, 1.82) is 0 Å². The molecule has 0 N–H and O–H groups in total. The number of nitrogens with zero attached hydrogens (tertiary/aromatic N) is 1. The third kappa shape index (κ3) is 3.39. The molecule has 178 valence electrons. The van der Waals surface area contributed by atoms with E-state index in [4.69, 9.17) is 14.2 Å². The molecule has 5 nitrogen and oxygen atoms in total. The highest BCUT2D eigenvalue weighted by atomic mass is 19.1. The van der Waals surface area contributed by atoms with Gasteiger partial charge < -0.3 is 19.1 Å². The van der Waals surface area contributed by atoms with Crippen LogP contribution >= 0.6 is 0 Å². The average molecular weight is 472 g/mol. The highest BCUT2D eigenvalue weighted by Crippen LogP contribution is 2.56. The van der Waals surface area contributed by atoms with Crippen molar-refractivity contribution < 1.29 is 23.4 Å². The number of hydrogen-bond donors (Lipinski definition) is 0. The lowest BCUT2D eigenvalue weighted by molar-refractivity contribution is -0.122. The Morgan fingerprint density at radius 2 is 1.77 bits per heavy atom. The predicted molar refractivity (Wildman–Crippen MR) is 132 cm³/mol. The first-order valence-corrected chi connectivity index (χ1v) is 12.1. The van der Waals surface area contributed by atoms with Gasteiger partial charge in [0.15, 0.2) is 11.5 Å². The van der Waals surface area contributed by atoms with Crippen molar-refractivity contribution in [3.8, 4) is 17.2 Å². The maximum atomic E-state index is 14.2. The molecule has 1 atom stereocenters. The second kappa shape index (κ2) is 8.45. The summed E-state index contributed by atoms with van der Waals surface area (Å²) in [4.78, 5) is 16.1. The summed E-state index contributed by atoms with van der Waals surface area (Å²) in [6.45, 7) is 3.20. The Morgan fingerprint density at radius 3 is 2.57 bits per heavy atom. The van der Waals surface area contributed by atoms with Crippen LogP contribution in [0.5, 0.6) is 17.2 Å². The van der Waals surface area contributed by atoms with E-state index < -0.39 is 5.41 Å². The lowest BCUT2D eigenvalue weighted by atomic mass is 9.75. The van der Waals surface area contributed by atoms with Crippen molar-refractivity contribution in [1.82, 2.24) is 0 Å². The lowest BCUT2D eigenvalue weighted by Gasteiger charge is -2.24. The summed E-state index contributed by atoms with van der Waals surface area (Å²) in [5.41, 5.74) is 3.54. The number of anilines is 1. The second-order valence-electron chi connectivity index (χ2n) is 9.19. The summed E-state index contributed by atoms with van der Waals surface area (Å²) in [6.07, 6.45) is 7.02. The molecule has 3 aliphatic heterocycles. The number of hydrogen-bond acceptors (Lipinski definition) is 4. The van der Waals surface area contributed by atoms with Gasteiger partial charge in [-0.1, -0.05) is 56.2 Å². The number of ether oxygens (including phenoxy) is 3. The number of benzene rings is 3. The summed E-state index contributed by atoms with van der Waals surface area (Å²) in [5.74, 6) is 1.68. The van der Waals surface area contributed by atoms with Crippen molar-refractivity contribution in [2.24, 2.45) is 0 Å². The molecule has 3 aliphatic rings. The van der Waals surface area contributed by atoms with E-state index >= 15 is 0 Å². The van der Waals surface area contributed by atoms with Crippen molar-refractivity contribution in [3.05, 3.63) is 82.7 Å². The van der Waals surface area contributed by atoms with Gasteiger partial charge in [0.05, 0.1) is 0 Å². The van der Waals surface area contributed by atoms with Crippen LogP contribution in [0.1, 0.15) is 48.4 Å². The van der Waals surface area contributed by atoms with E-state index in [0.29, 0.717) is 23.8 Å². The standard InChI is InChI=1S/C29H26FNO4/c1-2-3-4-14-31-23-7-5-6-20(11-8-19-9-12-21(30)13-10-19)27(23)29(28(31)32)17-33-24-16-26-25(15-22(24)29)34-18-35-26/h5-13,15-16H,2-4,14,17-18H2,1H3/b11-8+. The first-order chi connectivity index (χ1) is 17.1. The number of carbonyl (C=O) groups is 1. The largest absolute Gasteiger partial charge is 0.491 e. The molecule has 1 amide bonds. The summed E-state index contributed by atoms with van der Waals surface area (Å²) in [6, 6.07) is 16.1. The zero-order valence-electron chi connectivity index (χ0n) is 19.6. The molecule has 6 heteroatoms. The molecule has 0 saturated heterocycles. The molecule has 0 saturated carbocycles. The summed E-state index contributed by atoms with van der Waals surface area (Å²) < 4.78 is 30.7. The smallest absolute Gasteiger partial charge is 0.245 e. The molecule has 0 bridgehead atoms. The highest BCUT2D eigenvalue weighted by molar-refractivity contribution is 6.12. The summed E-state index contributed by atoms with van der Waals surface area (Å²) in [7, 11) is 0. The molecule has 3 aromatic rings. The van der Waals surface area contributed by atoms with Crippen LogP contribution in [-0.2, 0) is 10.2 Å². The quantitative estimate of drug-likeness (QED) is 0.330. The van der Waals surface area contributed by atoms with Crippen LogP contribution in [0.4, 0.5) is 10.1 Å². The molecule has 0 aromatic heterocycles. The van der Waals surface area contributed by atoms with Crippen molar-refractivity contribution in [2.75, 3.05) is 24.8 Å². The number of carbonyl (C=O) groups excluding carboxylic acids is 1. The van der Waals surface area contributed by atoms with Crippen molar-refractivity contribution >= 4 is 23.7 Å². The van der Waals surface area contributed by atoms with E-state index in [-0.39, 0.29) is 25.1 Å². The molecule has 0 fully saturated rings. The number of rotatable bonds is 6. The molecule has 3 heterocycles. The topological polar surface area (TPSA) is 48.0 Å². The minimum Gasteiger partial charge on any atom is -0.491 e. The molecular weight excluding hydrogens is 445 g/mol. The van der Waals surface area contributed by atoms with Crippen LogP contribution in [0.15, 0.2) is 54.6 Å². The van der Waals surface area contributed by atoms with Gasteiger partial charge in [0, 0.05) is 29.4 Å². The Hall–Kier alpha value is -3.80. The normalized spacial score (nSPS) is 19.5. The molecule has 35 heavy (non-hydrogen) atoms. The molecule has 1 spiro atoms. The van der Waals surface area contributed by atoms with Crippen LogP contribution in [0.2, 0.25) is 0 Å². The van der Waals surface area contributed by atoms with Crippen LogP contribution in [0, 0.1) is 5.82 Å². The fourth-order valence-corrected chi connectivity index (χ4v) is 5.36. The maximum absolute atomic E-state index is 14.2. The monoisotopic (exact) mass is 471 g/mol. The Morgan fingerprint density at radius 1 is 0.971 bits per heavy atom. The van der Waals surface area contributed by atoms with Gasteiger partial charge in [0.25, 0.3) is 0 Å². The molecule has 0 radical (unpaired) electrons. The van der Waals surface area contributed by atoms with Crippen LogP contribution < -0.4 is 19.1 Å². The predicted octanol–water partition coefficient (Wildman–Crippen LogP) is 5.94. The average Bonchev–Trinajstić information content (AvgIpc) is 3.55. The molecule has 1 unspecified atom stereocenters. The number of halogens is 1. The van der Waals surface area contributed by atoms with Gasteiger partial charge in [-0.05, 0) is 41.8 Å². The summed E-state index contributed by atoms with van der Waals surface area (Å²) >= 11 is 0. The fraction of sp³-hybridized carbons (Fsp3) is 0.276. The van der Waals surface area contributed by atoms with Gasteiger partial charge in [-0.3, -0.25) is 4.79 Å². The first-order valence-electron chi connectivity index (χ1n) is 12.1. The Kier molecular flexibility index (Phi) is 5.24. The molecule has 0 aliphatic carbocycles. The van der Waals surface area contributed by atoms with E-state index in [2.05, 4.69) is 6.92 Å². The van der Waals surface area contributed by atoms with E-state index in [1.807, 2.05) is 47.4 Å². The Labute approximate surface area is 203 Å². The van der Waals surface area contributed by atoms with Crippen LogP contribution in [0.3, 0.4) is 0 Å². The highest BCUT2D eigenvalue weighted by Gasteiger charge is 2.58. The van der Waals surface area contributed by atoms with Gasteiger partial charge in [-0.15, -0.1) is 0 Å². The van der Waals surface area contributed by atoms with Gasteiger partial charge in [-0.25, -0.2) is 4.39 Å².